The van der Waals surface area contributed by atoms with Gasteiger partial charge in [-0.3, -0.25) is 4.79 Å². The first kappa shape index (κ1) is 17.4. The fourth-order valence-corrected chi connectivity index (χ4v) is 4.59. The minimum absolute atomic E-state index is 0.0420. The fraction of sp³-hybridized carbons (Fsp3) is 0.588. The number of hydrogen-bond acceptors (Lipinski definition) is 3. The summed E-state index contributed by atoms with van der Waals surface area (Å²) < 4.78 is 38.7. The number of hydrogen-bond donors (Lipinski definition) is 1. The van der Waals surface area contributed by atoms with Crippen molar-refractivity contribution in [2.75, 3.05) is 19.3 Å². The van der Waals surface area contributed by atoms with Crippen molar-refractivity contribution >= 4 is 15.9 Å². The molecule has 1 saturated carbocycles. The number of carbonyl (C=O) groups excluding carboxylic acids is 1. The van der Waals surface area contributed by atoms with Crippen LogP contribution in [0.5, 0.6) is 0 Å². The van der Waals surface area contributed by atoms with Crippen LogP contribution in [0.4, 0.5) is 4.39 Å². The lowest BCUT2D eigenvalue weighted by Crippen LogP contribution is -2.56. The molecule has 1 aromatic rings. The standard InChI is InChI=1S/C17H23FN2O3S/c1-24(22,23)19-15-4-2-11-20(12-15)16(21)17(9-3-10-17)13-5-7-14(18)8-6-13/h5-8,15,19H,2-4,9-12H2,1H3/t15-/m0/s1. The molecule has 1 aliphatic heterocycles. The van der Waals surface area contributed by atoms with E-state index < -0.39 is 15.4 Å². The molecule has 0 unspecified atom stereocenters. The van der Waals surface area contributed by atoms with Gasteiger partial charge in [0.1, 0.15) is 5.82 Å². The van der Waals surface area contributed by atoms with Crippen molar-refractivity contribution in [2.24, 2.45) is 0 Å². The Labute approximate surface area is 142 Å². The Balaban J connectivity index is 1.77. The van der Waals surface area contributed by atoms with E-state index in [1.54, 1.807) is 17.0 Å². The van der Waals surface area contributed by atoms with Crippen molar-refractivity contribution in [2.45, 2.75) is 43.6 Å². The summed E-state index contributed by atoms with van der Waals surface area (Å²) in [6.45, 7) is 1.04. The van der Waals surface area contributed by atoms with E-state index in [4.69, 9.17) is 0 Å². The molecule has 1 aromatic carbocycles. The van der Waals surface area contributed by atoms with E-state index in [-0.39, 0.29) is 17.8 Å². The van der Waals surface area contributed by atoms with Gasteiger partial charge in [-0.05, 0) is 43.4 Å². The van der Waals surface area contributed by atoms with E-state index in [2.05, 4.69) is 4.72 Å². The predicted molar refractivity (Wildman–Crippen MR) is 89.5 cm³/mol. The monoisotopic (exact) mass is 354 g/mol. The zero-order valence-electron chi connectivity index (χ0n) is 13.8. The maximum absolute atomic E-state index is 13.2. The highest BCUT2D eigenvalue weighted by atomic mass is 32.2. The summed E-state index contributed by atoms with van der Waals surface area (Å²) in [5.74, 6) is -0.267. The second-order valence-corrected chi connectivity index (χ2v) is 8.70. The largest absolute Gasteiger partial charge is 0.340 e. The molecule has 0 bridgehead atoms. The topological polar surface area (TPSA) is 66.5 Å². The van der Waals surface area contributed by atoms with Crippen molar-refractivity contribution in [1.29, 1.82) is 0 Å². The number of sulfonamides is 1. The molecule has 1 heterocycles. The Bertz CT molecular complexity index is 714. The van der Waals surface area contributed by atoms with Gasteiger partial charge in [0.05, 0.1) is 11.7 Å². The third-order valence-electron chi connectivity index (χ3n) is 5.10. The van der Waals surface area contributed by atoms with Crippen molar-refractivity contribution in [3.63, 3.8) is 0 Å². The van der Waals surface area contributed by atoms with Gasteiger partial charge in [-0.25, -0.2) is 17.5 Å². The normalized spacial score (nSPS) is 23.6. The second kappa shape index (κ2) is 6.44. The zero-order valence-corrected chi connectivity index (χ0v) is 14.6. The number of benzene rings is 1. The highest BCUT2D eigenvalue weighted by molar-refractivity contribution is 7.88. The van der Waals surface area contributed by atoms with Crippen molar-refractivity contribution < 1.29 is 17.6 Å². The van der Waals surface area contributed by atoms with Crippen LogP contribution in [-0.4, -0.2) is 44.6 Å². The fourth-order valence-electron chi connectivity index (χ4n) is 3.79. The lowest BCUT2D eigenvalue weighted by atomic mass is 9.63. The molecule has 0 spiro atoms. The molecule has 3 rings (SSSR count). The SMILES string of the molecule is CS(=O)(=O)N[C@H]1CCCN(C(=O)C2(c3ccc(F)cc3)CCC2)C1. The summed E-state index contributed by atoms with van der Waals surface area (Å²) >= 11 is 0. The summed E-state index contributed by atoms with van der Waals surface area (Å²) in [5.41, 5.74) is 0.291. The van der Waals surface area contributed by atoms with E-state index in [9.17, 15) is 17.6 Å². The molecule has 1 N–H and O–H groups in total. The first-order chi connectivity index (χ1) is 11.3. The van der Waals surface area contributed by atoms with E-state index in [0.29, 0.717) is 13.1 Å². The molecule has 1 aliphatic carbocycles. The van der Waals surface area contributed by atoms with Crippen LogP contribution in [0, 0.1) is 5.82 Å². The van der Waals surface area contributed by atoms with Crippen LogP contribution >= 0.6 is 0 Å². The molecule has 1 saturated heterocycles. The molecule has 0 radical (unpaired) electrons. The molecule has 5 nitrogen and oxygen atoms in total. The summed E-state index contributed by atoms with van der Waals surface area (Å²) in [6.07, 6.45) is 5.15. The Morgan fingerprint density at radius 1 is 1.25 bits per heavy atom. The quantitative estimate of drug-likeness (QED) is 0.896. The third-order valence-corrected chi connectivity index (χ3v) is 5.86. The van der Waals surface area contributed by atoms with E-state index in [1.165, 1.54) is 12.1 Å². The van der Waals surface area contributed by atoms with E-state index >= 15 is 0 Å². The van der Waals surface area contributed by atoms with Crippen molar-refractivity contribution in [1.82, 2.24) is 9.62 Å². The Morgan fingerprint density at radius 2 is 1.92 bits per heavy atom. The van der Waals surface area contributed by atoms with Crippen LogP contribution in [0.25, 0.3) is 0 Å². The smallest absolute Gasteiger partial charge is 0.233 e. The molecule has 1 atom stereocenters. The summed E-state index contributed by atoms with van der Waals surface area (Å²) in [5, 5.41) is 0. The molecule has 1 amide bonds. The molecule has 0 aromatic heterocycles. The van der Waals surface area contributed by atoms with Crippen LogP contribution < -0.4 is 4.72 Å². The Morgan fingerprint density at radius 3 is 2.46 bits per heavy atom. The average Bonchev–Trinajstić information content (AvgIpc) is 2.46. The third kappa shape index (κ3) is 3.47. The van der Waals surface area contributed by atoms with Gasteiger partial charge in [0.2, 0.25) is 15.9 Å². The second-order valence-electron chi connectivity index (χ2n) is 6.92. The van der Waals surface area contributed by atoms with Crippen molar-refractivity contribution in [3.05, 3.63) is 35.6 Å². The van der Waals surface area contributed by atoms with Crippen LogP contribution in [0.15, 0.2) is 24.3 Å². The summed E-state index contributed by atoms with van der Waals surface area (Å²) in [7, 11) is -3.29. The number of amides is 1. The number of carbonyl (C=O) groups is 1. The highest BCUT2D eigenvalue weighted by Crippen LogP contribution is 2.45. The van der Waals surface area contributed by atoms with Crippen LogP contribution in [0.2, 0.25) is 0 Å². The first-order valence-electron chi connectivity index (χ1n) is 8.33. The predicted octanol–water partition coefficient (Wildman–Crippen LogP) is 1.79. The van der Waals surface area contributed by atoms with Crippen LogP contribution in [0.3, 0.4) is 0 Å². The number of likely N-dealkylation sites (tertiary alicyclic amines) is 1. The Kier molecular flexibility index (Phi) is 4.66. The maximum Gasteiger partial charge on any atom is 0.233 e. The van der Waals surface area contributed by atoms with Gasteiger partial charge in [-0.15, -0.1) is 0 Å². The van der Waals surface area contributed by atoms with Crippen LogP contribution in [-0.2, 0) is 20.2 Å². The van der Waals surface area contributed by atoms with Gasteiger partial charge >= 0.3 is 0 Å². The lowest BCUT2D eigenvalue weighted by molar-refractivity contribution is -0.142. The summed E-state index contributed by atoms with van der Waals surface area (Å²) in [4.78, 5) is 14.9. The first-order valence-corrected chi connectivity index (χ1v) is 10.2. The van der Waals surface area contributed by atoms with Crippen LogP contribution in [0.1, 0.15) is 37.7 Å². The van der Waals surface area contributed by atoms with E-state index in [0.717, 1.165) is 43.9 Å². The number of rotatable bonds is 4. The lowest BCUT2D eigenvalue weighted by Gasteiger charge is -2.46. The van der Waals surface area contributed by atoms with Gasteiger partial charge in [0, 0.05) is 19.1 Å². The minimum atomic E-state index is -3.29. The molecular weight excluding hydrogens is 331 g/mol. The average molecular weight is 354 g/mol. The molecule has 132 valence electrons. The molecule has 24 heavy (non-hydrogen) atoms. The number of nitrogens with zero attached hydrogens (tertiary/aromatic N) is 1. The minimum Gasteiger partial charge on any atom is -0.340 e. The molecule has 2 fully saturated rings. The number of halogens is 1. The van der Waals surface area contributed by atoms with Gasteiger partial charge < -0.3 is 4.90 Å². The van der Waals surface area contributed by atoms with Crippen molar-refractivity contribution in [3.8, 4) is 0 Å². The molecular formula is C17H23FN2O3S. The van der Waals surface area contributed by atoms with Gasteiger partial charge in [-0.2, -0.15) is 0 Å². The number of nitrogens with one attached hydrogen (secondary N) is 1. The van der Waals surface area contributed by atoms with Gasteiger partial charge in [0.15, 0.2) is 0 Å². The van der Waals surface area contributed by atoms with E-state index in [1.807, 2.05) is 0 Å². The number of piperidine rings is 1. The van der Waals surface area contributed by atoms with Gasteiger partial charge in [0.25, 0.3) is 0 Å². The van der Waals surface area contributed by atoms with Gasteiger partial charge in [-0.1, -0.05) is 18.6 Å². The highest BCUT2D eigenvalue weighted by Gasteiger charge is 2.48. The molecule has 7 heteroatoms. The zero-order chi connectivity index (χ0) is 17.4. The molecule has 2 aliphatic rings. The summed E-state index contributed by atoms with van der Waals surface area (Å²) in [6, 6.07) is 5.95. The Hall–Kier alpha value is -1.47. The maximum atomic E-state index is 13.2.